The molecule has 3 nitrogen and oxygen atoms in total. The number of carbonyl (C=O) groups is 1. The molecule has 1 aromatic rings. The topological polar surface area (TPSA) is 38.3 Å². The molecule has 1 aromatic carbocycles. The van der Waals surface area contributed by atoms with E-state index in [0.29, 0.717) is 18.9 Å². The first kappa shape index (κ1) is 14.5. The largest absolute Gasteiger partial charge is 0.495 e. The molecule has 1 N–H and O–H groups in total. The SMILES string of the molecule is COc1ccccc1C#CCNC(=O)CC1CCCC1. The molecule has 0 radical (unpaired) electrons. The Balaban J connectivity index is 1.77. The maximum atomic E-state index is 11.7. The van der Waals surface area contributed by atoms with Crippen LogP contribution in [0.3, 0.4) is 0 Å². The van der Waals surface area contributed by atoms with Gasteiger partial charge in [-0.2, -0.15) is 0 Å². The van der Waals surface area contributed by atoms with Crippen LogP contribution in [-0.4, -0.2) is 19.6 Å². The van der Waals surface area contributed by atoms with Crippen LogP contribution < -0.4 is 10.1 Å². The average Bonchev–Trinajstić information content (AvgIpc) is 2.97. The molecule has 1 amide bonds. The maximum absolute atomic E-state index is 11.7. The lowest BCUT2D eigenvalue weighted by Crippen LogP contribution is -2.25. The second-order valence-electron chi connectivity index (χ2n) is 5.13. The third-order valence-electron chi connectivity index (χ3n) is 3.65. The fraction of sp³-hybridized carbons (Fsp3) is 0.471. The van der Waals surface area contributed by atoms with Gasteiger partial charge in [-0.3, -0.25) is 4.79 Å². The van der Waals surface area contributed by atoms with Crippen molar-refractivity contribution in [1.29, 1.82) is 0 Å². The van der Waals surface area contributed by atoms with Gasteiger partial charge >= 0.3 is 0 Å². The molecule has 1 fully saturated rings. The first-order chi connectivity index (χ1) is 9.79. The van der Waals surface area contributed by atoms with Gasteiger partial charge in [-0.1, -0.05) is 36.8 Å². The van der Waals surface area contributed by atoms with Gasteiger partial charge in [0.1, 0.15) is 5.75 Å². The maximum Gasteiger partial charge on any atom is 0.221 e. The molecule has 2 rings (SSSR count). The minimum Gasteiger partial charge on any atom is -0.495 e. The molecule has 0 aromatic heterocycles. The summed E-state index contributed by atoms with van der Waals surface area (Å²) in [6.45, 7) is 0.392. The number of hydrogen-bond donors (Lipinski definition) is 1. The molecule has 1 saturated carbocycles. The van der Waals surface area contributed by atoms with Crippen LogP contribution in [0.15, 0.2) is 24.3 Å². The highest BCUT2D eigenvalue weighted by atomic mass is 16.5. The van der Waals surface area contributed by atoms with Gasteiger partial charge in [0.15, 0.2) is 0 Å². The molecule has 0 aliphatic heterocycles. The Kier molecular flexibility index (Phi) is 5.49. The number of para-hydroxylation sites is 1. The van der Waals surface area contributed by atoms with Gasteiger partial charge in [-0.15, -0.1) is 0 Å². The highest BCUT2D eigenvalue weighted by molar-refractivity contribution is 5.76. The number of methoxy groups -OCH3 is 1. The summed E-state index contributed by atoms with van der Waals surface area (Å²) >= 11 is 0. The molecular weight excluding hydrogens is 250 g/mol. The highest BCUT2D eigenvalue weighted by Crippen LogP contribution is 2.27. The molecule has 0 atom stereocenters. The summed E-state index contributed by atoms with van der Waals surface area (Å²) in [6.07, 6.45) is 5.58. The van der Waals surface area contributed by atoms with Gasteiger partial charge in [0, 0.05) is 6.42 Å². The summed E-state index contributed by atoms with van der Waals surface area (Å²) in [6, 6.07) is 7.62. The number of benzene rings is 1. The molecule has 1 aliphatic carbocycles. The third kappa shape index (κ3) is 4.31. The van der Waals surface area contributed by atoms with Crippen LogP contribution in [0.4, 0.5) is 0 Å². The first-order valence-electron chi connectivity index (χ1n) is 7.18. The number of amides is 1. The van der Waals surface area contributed by atoms with Crippen LogP contribution in [0.1, 0.15) is 37.7 Å². The molecule has 0 unspecified atom stereocenters. The van der Waals surface area contributed by atoms with Crippen molar-refractivity contribution >= 4 is 5.91 Å². The van der Waals surface area contributed by atoms with Gasteiger partial charge in [-0.25, -0.2) is 0 Å². The number of carbonyl (C=O) groups excluding carboxylic acids is 1. The number of ether oxygens (including phenoxy) is 1. The van der Waals surface area contributed by atoms with Gasteiger partial charge < -0.3 is 10.1 Å². The van der Waals surface area contributed by atoms with Crippen LogP contribution in [-0.2, 0) is 4.79 Å². The Hall–Kier alpha value is -1.95. The predicted octanol–water partition coefficient (Wildman–Crippen LogP) is 2.74. The fourth-order valence-electron chi connectivity index (χ4n) is 2.58. The molecule has 0 spiro atoms. The molecule has 106 valence electrons. The zero-order chi connectivity index (χ0) is 14.2. The highest BCUT2D eigenvalue weighted by Gasteiger charge is 2.17. The van der Waals surface area contributed by atoms with E-state index in [2.05, 4.69) is 17.2 Å². The van der Waals surface area contributed by atoms with E-state index in [1.165, 1.54) is 25.7 Å². The lowest BCUT2D eigenvalue weighted by Gasteiger charge is -2.07. The zero-order valence-electron chi connectivity index (χ0n) is 11.9. The van der Waals surface area contributed by atoms with E-state index >= 15 is 0 Å². The summed E-state index contributed by atoms with van der Waals surface area (Å²) in [7, 11) is 1.63. The van der Waals surface area contributed by atoms with Crippen molar-refractivity contribution in [1.82, 2.24) is 5.32 Å². The second-order valence-corrected chi connectivity index (χ2v) is 5.13. The Morgan fingerprint density at radius 1 is 1.35 bits per heavy atom. The van der Waals surface area contributed by atoms with Crippen LogP contribution in [0.5, 0.6) is 5.75 Å². The predicted molar refractivity (Wildman–Crippen MR) is 79.5 cm³/mol. The molecule has 3 heteroatoms. The molecule has 0 saturated heterocycles. The first-order valence-corrected chi connectivity index (χ1v) is 7.18. The van der Waals surface area contributed by atoms with Gasteiger partial charge in [0.05, 0.1) is 19.2 Å². The van der Waals surface area contributed by atoms with E-state index in [1.807, 2.05) is 24.3 Å². The second kappa shape index (κ2) is 7.59. The van der Waals surface area contributed by atoms with E-state index in [0.717, 1.165) is 11.3 Å². The van der Waals surface area contributed by atoms with E-state index in [4.69, 9.17) is 4.74 Å². The molecule has 0 bridgehead atoms. The van der Waals surface area contributed by atoms with Gasteiger partial charge in [0.25, 0.3) is 0 Å². The summed E-state index contributed by atoms with van der Waals surface area (Å²) in [5.41, 5.74) is 0.847. The van der Waals surface area contributed by atoms with Crippen molar-refractivity contribution in [3.05, 3.63) is 29.8 Å². The van der Waals surface area contributed by atoms with Gasteiger partial charge in [0.2, 0.25) is 5.91 Å². The molecular formula is C17H21NO2. The van der Waals surface area contributed by atoms with Crippen molar-refractivity contribution in [3.63, 3.8) is 0 Å². The summed E-state index contributed by atoms with van der Waals surface area (Å²) in [5.74, 6) is 7.45. The summed E-state index contributed by atoms with van der Waals surface area (Å²) < 4.78 is 5.22. The average molecular weight is 271 g/mol. The minimum absolute atomic E-state index is 0.117. The van der Waals surface area contributed by atoms with Crippen molar-refractivity contribution in [3.8, 4) is 17.6 Å². The Labute approximate surface area is 120 Å². The zero-order valence-corrected chi connectivity index (χ0v) is 11.9. The number of nitrogens with one attached hydrogen (secondary N) is 1. The number of hydrogen-bond acceptors (Lipinski definition) is 2. The summed E-state index contributed by atoms with van der Waals surface area (Å²) in [5, 5.41) is 2.86. The molecule has 0 heterocycles. The standard InChI is InChI=1S/C17H21NO2/c1-20-16-11-5-4-9-15(16)10-6-12-18-17(19)13-14-7-2-3-8-14/h4-5,9,11,14H,2-3,7-8,12-13H2,1H3,(H,18,19). The van der Waals surface area contributed by atoms with E-state index < -0.39 is 0 Å². The van der Waals surface area contributed by atoms with Crippen LogP contribution in [0.2, 0.25) is 0 Å². The van der Waals surface area contributed by atoms with Crippen LogP contribution >= 0.6 is 0 Å². The quantitative estimate of drug-likeness (QED) is 0.855. The lowest BCUT2D eigenvalue weighted by molar-refractivity contribution is -0.121. The van der Waals surface area contributed by atoms with Crippen molar-refractivity contribution < 1.29 is 9.53 Å². The Morgan fingerprint density at radius 2 is 2.10 bits per heavy atom. The van der Waals surface area contributed by atoms with Crippen molar-refractivity contribution in [2.75, 3.05) is 13.7 Å². The normalized spacial score (nSPS) is 14.4. The smallest absolute Gasteiger partial charge is 0.221 e. The van der Waals surface area contributed by atoms with E-state index in [9.17, 15) is 4.79 Å². The fourth-order valence-corrected chi connectivity index (χ4v) is 2.58. The number of rotatable bonds is 4. The monoisotopic (exact) mass is 271 g/mol. The van der Waals surface area contributed by atoms with E-state index in [-0.39, 0.29) is 5.91 Å². The Bertz CT molecular complexity index is 507. The van der Waals surface area contributed by atoms with Crippen molar-refractivity contribution in [2.24, 2.45) is 5.92 Å². The minimum atomic E-state index is 0.117. The third-order valence-corrected chi connectivity index (χ3v) is 3.65. The molecule has 20 heavy (non-hydrogen) atoms. The van der Waals surface area contributed by atoms with Crippen LogP contribution in [0, 0.1) is 17.8 Å². The molecule has 1 aliphatic rings. The van der Waals surface area contributed by atoms with Gasteiger partial charge in [-0.05, 0) is 30.9 Å². The lowest BCUT2D eigenvalue weighted by atomic mass is 10.0. The van der Waals surface area contributed by atoms with Crippen LogP contribution in [0.25, 0.3) is 0 Å². The Morgan fingerprint density at radius 3 is 2.85 bits per heavy atom. The summed E-state index contributed by atoms with van der Waals surface area (Å²) in [4.78, 5) is 11.7. The van der Waals surface area contributed by atoms with Crippen molar-refractivity contribution in [2.45, 2.75) is 32.1 Å². The van der Waals surface area contributed by atoms with E-state index in [1.54, 1.807) is 7.11 Å².